The number of fused-ring (bicyclic) bond motifs is 1. The zero-order valence-electron chi connectivity index (χ0n) is 9.34. The minimum atomic E-state index is -3.55. The van der Waals surface area contributed by atoms with Gasteiger partial charge in [0.2, 0.25) is 5.91 Å². The molecule has 0 radical (unpaired) electrons. The molecule has 6 nitrogen and oxygen atoms in total. The van der Waals surface area contributed by atoms with E-state index in [9.17, 15) is 18.0 Å². The molecule has 2 rings (SSSR count). The molecule has 0 aromatic rings. The first-order chi connectivity index (χ1) is 7.75. The third kappa shape index (κ3) is 1.41. The molecule has 0 aromatic carbocycles. The molecule has 17 heavy (non-hydrogen) atoms. The Hall–Kier alpha value is -0.820. The zero-order valence-corrected chi connectivity index (χ0v) is 10.9. The van der Waals surface area contributed by atoms with Crippen LogP contribution in [0.3, 0.4) is 0 Å². The maximum Gasteiger partial charge on any atom is 0.331 e. The molecule has 0 spiro atoms. The van der Waals surface area contributed by atoms with Crippen LogP contribution in [-0.2, 0) is 24.2 Å². The third-order valence-corrected chi connectivity index (χ3v) is 6.30. The average molecular weight is 282 g/mol. The van der Waals surface area contributed by atoms with Crippen molar-refractivity contribution in [2.24, 2.45) is 0 Å². The smallest absolute Gasteiger partial charge is 0.331 e. The SMILES string of the molecule is CC1(C)[C@H](C(=O)OCCl)N2C(=O)C[C@H]2S1(=O)=O. The maximum atomic E-state index is 12.1. The molecule has 2 atom stereocenters. The first-order valence-electron chi connectivity index (χ1n) is 5.02. The van der Waals surface area contributed by atoms with Crippen molar-refractivity contribution < 1.29 is 22.7 Å². The van der Waals surface area contributed by atoms with E-state index in [1.54, 1.807) is 0 Å². The number of ether oxygens (including phenoxy) is 1. The number of alkyl halides is 1. The van der Waals surface area contributed by atoms with Gasteiger partial charge in [0.15, 0.2) is 15.9 Å². The Morgan fingerprint density at radius 2 is 2.18 bits per heavy atom. The van der Waals surface area contributed by atoms with E-state index in [-0.39, 0.29) is 18.4 Å². The molecule has 2 heterocycles. The van der Waals surface area contributed by atoms with E-state index in [0.717, 1.165) is 4.90 Å². The quantitative estimate of drug-likeness (QED) is 0.400. The molecule has 1 amide bonds. The van der Waals surface area contributed by atoms with Gasteiger partial charge in [0.25, 0.3) is 0 Å². The third-order valence-electron chi connectivity index (χ3n) is 3.40. The Balaban J connectivity index is 2.44. The molecule has 0 saturated carbocycles. The minimum absolute atomic E-state index is 0.0591. The van der Waals surface area contributed by atoms with Gasteiger partial charge in [-0.1, -0.05) is 11.6 Å². The monoisotopic (exact) mass is 281 g/mol. The number of halogens is 1. The van der Waals surface area contributed by atoms with Crippen LogP contribution >= 0.6 is 11.6 Å². The second-order valence-electron chi connectivity index (χ2n) is 4.58. The van der Waals surface area contributed by atoms with Crippen LogP contribution in [-0.4, -0.2) is 47.4 Å². The van der Waals surface area contributed by atoms with Crippen LogP contribution in [0.25, 0.3) is 0 Å². The number of β-lactam (4-membered cyclic amide) rings is 1. The molecule has 0 unspecified atom stereocenters. The van der Waals surface area contributed by atoms with Gasteiger partial charge in [-0.3, -0.25) is 4.79 Å². The summed E-state index contributed by atoms with van der Waals surface area (Å²) in [6, 6.07) is -1.46. The summed E-state index contributed by atoms with van der Waals surface area (Å²) in [4.78, 5) is 24.2. The second kappa shape index (κ2) is 3.58. The van der Waals surface area contributed by atoms with Crippen molar-refractivity contribution in [3.8, 4) is 0 Å². The second-order valence-corrected chi connectivity index (χ2v) is 7.49. The van der Waals surface area contributed by atoms with Crippen molar-refractivity contribution in [2.75, 3.05) is 6.07 Å². The highest BCUT2D eigenvalue weighted by atomic mass is 35.5. The molecular weight excluding hydrogens is 270 g/mol. The maximum absolute atomic E-state index is 12.1. The van der Waals surface area contributed by atoms with Gasteiger partial charge in [-0.15, -0.1) is 0 Å². The zero-order chi connectivity index (χ0) is 13.0. The molecule has 0 bridgehead atoms. The summed E-state index contributed by atoms with van der Waals surface area (Å²) in [7, 11) is -3.55. The highest BCUT2D eigenvalue weighted by Gasteiger charge is 2.68. The van der Waals surface area contributed by atoms with E-state index in [1.807, 2.05) is 0 Å². The lowest BCUT2D eigenvalue weighted by atomic mass is 9.98. The number of sulfone groups is 1. The van der Waals surface area contributed by atoms with Crippen LogP contribution < -0.4 is 0 Å². The van der Waals surface area contributed by atoms with Gasteiger partial charge >= 0.3 is 5.97 Å². The standard InChI is InChI=1S/C9H12ClNO5S/c1-9(2)7(8(13)16-4-10)11-5(12)3-6(11)17(9,14)15/h6-7H,3-4H2,1-2H3/t6-,7+/m1/s1. The number of carbonyl (C=O) groups is 2. The van der Waals surface area contributed by atoms with E-state index in [2.05, 4.69) is 4.74 Å². The molecule has 96 valence electrons. The predicted molar refractivity (Wildman–Crippen MR) is 58.8 cm³/mol. The van der Waals surface area contributed by atoms with Gasteiger partial charge < -0.3 is 9.64 Å². The molecule has 0 N–H and O–H groups in total. The highest BCUT2D eigenvalue weighted by Crippen LogP contribution is 2.45. The van der Waals surface area contributed by atoms with E-state index in [0.29, 0.717) is 0 Å². The fourth-order valence-electron chi connectivity index (χ4n) is 2.34. The van der Waals surface area contributed by atoms with Crippen LogP contribution in [0, 0.1) is 0 Å². The van der Waals surface area contributed by atoms with Crippen LogP contribution in [0.1, 0.15) is 20.3 Å². The summed E-state index contributed by atoms with van der Waals surface area (Å²) in [5.41, 5.74) is 0. The first kappa shape index (κ1) is 12.6. The number of esters is 1. The molecule has 2 saturated heterocycles. The van der Waals surface area contributed by atoms with Gasteiger partial charge in [-0.2, -0.15) is 0 Å². The number of hydrogen-bond acceptors (Lipinski definition) is 5. The normalized spacial score (nSPS) is 32.9. The summed E-state index contributed by atoms with van der Waals surface area (Å²) in [6.45, 7) is 2.85. The largest absolute Gasteiger partial charge is 0.448 e. The Morgan fingerprint density at radius 3 is 2.65 bits per heavy atom. The molecule has 8 heteroatoms. The van der Waals surface area contributed by atoms with E-state index in [1.165, 1.54) is 13.8 Å². The average Bonchev–Trinajstić information content (AvgIpc) is 2.32. The van der Waals surface area contributed by atoms with Gasteiger partial charge in [0.05, 0.1) is 11.2 Å². The molecular formula is C9H12ClNO5S. The fourth-order valence-corrected chi connectivity index (χ4v) is 4.57. The van der Waals surface area contributed by atoms with Gasteiger partial charge in [0, 0.05) is 0 Å². The summed E-state index contributed by atoms with van der Waals surface area (Å²) in [5.74, 6) is -1.12. The molecule has 2 aliphatic heterocycles. The van der Waals surface area contributed by atoms with Crippen LogP contribution in [0.4, 0.5) is 0 Å². The number of rotatable bonds is 2. The van der Waals surface area contributed by atoms with Gasteiger partial charge in [0.1, 0.15) is 11.4 Å². The lowest BCUT2D eigenvalue weighted by Crippen LogP contribution is -2.57. The van der Waals surface area contributed by atoms with Gasteiger partial charge in [-0.25, -0.2) is 13.2 Å². The Bertz CT molecular complexity index is 486. The van der Waals surface area contributed by atoms with Crippen molar-refractivity contribution in [3.63, 3.8) is 0 Å². The fraction of sp³-hybridized carbons (Fsp3) is 0.778. The summed E-state index contributed by atoms with van der Waals surface area (Å²) >= 11 is 5.28. The predicted octanol–water partition coefficient (Wildman–Crippen LogP) is -0.140. The number of nitrogens with zero attached hydrogens (tertiary/aromatic N) is 1. The summed E-state index contributed by atoms with van der Waals surface area (Å²) in [6.07, 6.45) is -0.0591. The molecule has 0 aromatic heterocycles. The number of amides is 1. The molecule has 0 aliphatic carbocycles. The first-order valence-corrected chi connectivity index (χ1v) is 7.10. The number of hydrogen-bond donors (Lipinski definition) is 0. The van der Waals surface area contributed by atoms with Crippen molar-refractivity contribution in [3.05, 3.63) is 0 Å². The Kier molecular flexibility index (Phi) is 2.66. The Labute approximate surface area is 104 Å². The van der Waals surface area contributed by atoms with Crippen LogP contribution in [0.2, 0.25) is 0 Å². The molecule has 2 aliphatic rings. The molecule has 2 fully saturated rings. The summed E-state index contributed by atoms with van der Waals surface area (Å²) in [5, 5.41) is -0.891. The van der Waals surface area contributed by atoms with Gasteiger partial charge in [-0.05, 0) is 13.8 Å². The van der Waals surface area contributed by atoms with Crippen molar-refractivity contribution in [2.45, 2.75) is 36.4 Å². The van der Waals surface area contributed by atoms with E-state index >= 15 is 0 Å². The minimum Gasteiger partial charge on any atom is -0.448 e. The topological polar surface area (TPSA) is 80.8 Å². The summed E-state index contributed by atoms with van der Waals surface area (Å²) < 4.78 is 27.5. The van der Waals surface area contributed by atoms with E-state index < -0.39 is 32.0 Å². The van der Waals surface area contributed by atoms with Crippen LogP contribution in [0.15, 0.2) is 0 Å². The van der Waals surface area contributed by atoms with Crippen molar-refractivity contribution in [1.82, 2.24) is 4.90 Å². The number of carbonyl (C=O) groups excluding carboxylic acids is 2. The van der Waals surface area contributed by atoms with Crippen LogP contribution in [0.5, 0.6) is 0 Å². The van der Waals surface area contributed by atoms with Crippen molar-refractivity contribution >= 4 is 33.3 Å². The highest BCUT2D eigenvalue weighted by molar-refractivity contribution is 7.93. The lowest BCUT2D eigenvalue weighted by molar-refractivity contribution is -0.160. The van der Waals surface area contributed by atoms with Crippen molar-refractivity contribution in [1.29, 1.82) is 0 Å². The Morgan fingerprint density at radius 1 is 1.59 bits per heavy atom. The lowest BCUT2D eigenvalue weighted by Gasteiger charge is -2.35. The van der Waals surface area contributed by atoms with E-state index in [4.69, 9.17) is 11.6 Å².